The average Bonchev–Trinajstić information content (AvgIpc) is 2.93. The number of anilines is 1. The molecule has 0 amide bonds. The smallest absolute Gasteiger partial charge is 0.153 e. The summed E-state index contributed by atoms with van der Waals surface area (Å²) in [6.07, 6.45) is 0. The lowest BCUT2D eigenvalue weighted by Crippen LogP contribution is -1.88. The Morgan fingerprint density at radius 1 is 1.25 bits per heavy atom. The van der Waals surface area contributed by atoms with E-state index in [-0.39, 0.29) is 0 Å². The fourth-order valence-corrected chi connectivity index (χ4v) is 3.75. The van der Waals surface area contributed by atoms with Crippen LogP contribution in [0.3, 0.4) is 0 Å². The molecule has 5 heteroatoms. The SMILES string of the molecule is Cc1cccc(-c2c(N)n[nH]c2-c2cc(C)c(Br)s2)c1. The van der Waals surface area contributed by atoms with Crippen molar-refractivity contribution in [3.05, 3.63) is 45.2 Å². The average molecular weight is 348 g/mol. The fraction of sp³-hybridized carbons (Fsp3) is 0.133. The number of aromatic amines is 1. The highest BCUT2D eigenvalue weighted by Crippen LogP contribution is 2.40. The first-order chi connectivity index (χ1) is 9.56. The zero-order valence-electron chi connectivity index (χ0n) is 11.2. The van der Waals surface area contributed by atoms with E-state index in [1.165, 1.54) is 11.1 Å². The molecular formula is C15H14BrN3S. The monoisotopic (exact) mass is 347 g/mol. The van der Waals surface area contributed by atoms with Gasteiger partial charge in [0.05, 0.1) is 19.9 Å². The zero-order chi connectivity index (χ0) is 14.3. The Labute approximate surface area is 130 Å². The number of nitrogen functional groups attached to an aromatic ring is 1. The number of hydrogen-bond acceptors (Lipinski definition) is 3. The Hall–Kier alpha value is -1.59. The molecule has 20 heavy (non-hydrogen) atoms. The van der Waals surface area contributed by atoms with Crippen LogP contribution in [0.25, 0.3) is 21.7 Å². The Morgan fingerprint density at radius 2 is 2.05 bits per heavy atom. The van der Waals surface area contributed by atoms with E-state index in [2.05, 4.69) is 64.2 Å². The molecule has 2 heterocycles. The predicted molar refractivity (Wildman–Crippen MR) is 88.9 cm³/mol. The van der Waals surface area contributed by atoms with Gasteiger partial charge in [-0.05, 0) is 47.0 Å². The van der Waals surface area contributed by atoms with Gasteiger partial charge in [-0.15, -0.1) is 11.3 Å². The highest BCUT2D eigenvalue weighted by atomic mass is 79.9. The molecule has 0 saturated heterocycles. The molecule has 0 spiro atoms. The number of aryl methyl sites for hydroxylation is 2. The van der Waals surface area contributed by atoms with Crippen molar-refractivity contribution in [1.82, 2.24) is 10.2 Å². The molecule has 0 fully saturated rings. The molecule has 0 unspecified atom stereocenters. The predicted octanol–water partition coefficient (Wildman–Crippen LogP) is 4.77. The molecule has 0 radical (unpaired) electrons. The van der Waals surface area contributed by atoms with E-state index in [1.54, 1.807) is 11.3 Å². The van der Waals surface area contributed by atoms with Gasteiger partial charge in [0, 0.05) is 0 Å². The number of hydrogen-bond donors (Lipinski definition) is 2. The molecule has 0 atom stereocenters. The van der Waals surface area contributed by atoms with Crippen molar-refractivity contribution in [2.45, 2.75) is 13.8 Å². The van der Waals surface area contributed by atoms with Crippen LogP contribution in [0.2, 0.25) is 0 Å². The number of thiophene rings is 1. The second-order valence-corrected chi connectivity index (χ2v) is 7.17. The first-order valence-electron chi connectivity index (χ1n) is 6.23. The van der Waals surface area contributed by atoms with E-state index in [0.29, 0.717) is 5.82 Å². The number of halogens is 1. The Bertz CT molecular complexity index is 754. The van der Waals surface area contributed by atoms with Crippen molar-refractivity contribution in [1.29, 1.82) is 0 Å². The van der Waals surface area contributed by atoms with Crippen molar-refractivity contribution in [2.75, 3.05) is 5.73 Å². The van der Waals surface area contributed by atoms with Crippen LogP contribution in [0, 0.1) is 13.8 Å². The van der Waals surface area contributed by atoms with Gasteiger partial charge in [0.1, 0.15) is 0 Å². The van der Waals surface area contributed by atoms with E-state index in [0.717, 1.165) is 25.5 Å². The van der Waals surface area contributed by atoms with E-state index >= 15 is 0 Å². The molecule has 2 aromatic heterocycles. The van der Waals surface area contributed by atoms with Gasteiger partial charge in [0.15, 0.2) is 5.82 Å². The van der Waals surface area contributed by atoms with Gasteiger partial charge >= 0.3 is 0 Å². The summed E-state index contributed by atoms with van der Waals surface area (Å²) in [7, 11) is 0. The summed E-state index contributed by atoms with van der Waals surface area (Å²) in [5.74, 6) is 0.535. The summed E-state index contributed by atoms with van der Waals surface area (Å²) in [5.41, 5.74) is 11.5. The second kappa shape index (κ2) is 5.07. The lowest BCUT2D eigenvalue weighted by molar-refractivity contribution is 1.11. The van der Waals surface area contributed by atoms with Gasteiger partial charge in [-0.25, -0.2) is 0 Å². The molecular weight excluding hydrogens is 334 g/mol. The number of nitrogens with zero attached hydrogens (tertiary/aromatic N) is 1. The number of nitrogens with one attached hydrogen (secondary N) is 1. The van der Waals surface area contributed by atoms with Crippen molar-refractivity contribution in [3.8, 4) is 21.7 Å². The molecule has 0 bridgehead atoms. The molecule has 3 N–H and O–H groups in total. The van der Waals surface area contributed by atoms with Crippen molar-refractivity contribution in [2.24, 2.45) is 0 Å². The minimum atomic E-state index is 0.535. The van der Waals surface area contributed by atoms with Crippen molar-refractivity contribution < 1.29 is 0 Å². The maximum Gasteiger partial charge on any atom is 0.153 e. The number of nitrogens with two attached hydrogens (primary N) is 1. The molecule has 0 aliphatic heterocycles. The van der Waals surface area contributed by atoms with Gasteiger partial charge < -0.3 is 5.73 Å². The minimum Gasteiger partial charge on any atom is -0.382 e. The second-order valence-electron chi connectivity index (χ2n) is 4.80. The summed E-state index contributed by atoms with van der Waals surface area (Å²) >= 11 is 5.25. The van der Waals surface area contributed by atoms with Gasteiger partial charge in [-0.1, -0.05) is 29.8 Å². The number of benzene rings is 1. The van der Waals surface area contributed by atoms with E-state index in [4.69, 9.17) is 5.73 Å². The quantitative estimate of drug-likeness (QED) is 0.701. The Morgan fingerprint density at radius 3 is 2.70 bits per heavy atom. The van der Waals surface area contributed by atoms with Gasteiger partial charge in [0.25, 0.3) is 0 Å². The van der Waals surface area contributed by atoms with Crippen LogP contribution in [0.5, 0.6) is 0 Å². The van der Waals surface area contributed by atoms with Crippen LogP contribution < -0.4 is 5.73 Å². The van der Waals surface area contributed by atoms with Crippen molar-refractivity contribution in [3.63, 3.8) is 0 Å². The zero-order valence-corrected chi connectivity index (χ0v) is 13.6. The Balaban J connectivity index is 2.19. The molecule has 1 aromatic carbocycles. The molecule has 3 nitrogen and oxygen atoms in total. The summed E-state index contributed by atoms with van der Waals surface area (Å²) in [6.45, 7) is 4.15. The fourth-order valence-electron chi connectivity index (χ4n) is 2.21. The molecule has 102 valence electrons. The van der Waals surface area contributed by atoms with E-state index in [9.17, 15) is 0 Å². The maximum atomic E-state index is 6.06. The molecule has 3 rings (SSSR count). The van der Waals surface area contributed by atoms with Crippen molar-refractivity contribution >= 4 is 33.1 Å². The summed E-state index contributed by atoms with van der Waals surface area (Å²) in [6, 6.07) is 10.4. The number of aromatic nitrogens is 2. The number of H-pyrrole nitrogens is 1. The molecule has 3 aromatic rings. The van der Waals surface area contributed by atoms with E-state index < -0.39 is 0 Å². The molecule has 0 aliphatic rings. The topological polar surface area (TPSA) is 54.7 Å². The molecule has 0 saturated carbocycles. The van der Waals surface area contributed by atoms with Gasteiger partial charge in [0.2, 0.25) is 0 Å². The third-order valence-corrected chi connectivity index (χ3v) is 5.36. The first-order valence-corrected chi connectivity index (χ1v) is 7.84. The van der Waals surface area contributed by atoms with Crippen LogP contribution >= 0.6 is 27.3 Å². The lowest BCUT2D eigenvalue weighted by atomic mass is 10.0. The third-order valence-electron chi connectivity index (χ3n) is 3.20. The molecule has 0 aliphatic carbocycles. The van der Waals surface area contributed by atoms with Crippen LogP contribution in [-0.4, -0.2) is 10.2 Å². The summed E-state index contributed by atoms with van der Waals surface area (Å²) < 4.78 is 1.14. The van der Waals surface area contributed by atoms with Gasteiger partial charge in [-0.3, -0.25) is 5.10 Å². The first kappa shape index (κ1) is 13.4. The van der Waals surface area contributed by atoms with Crippen LogP contribution in [0.15, 0.2) is 34.1 Å². The third kappa shape index (κ3) is 2.27. The Kier molecular flexibility index (Phi) is 3.40. The van der Waals surface area contributed by atoms with Crippen LogP contribution in [0.4, 0.5) is 5.82 Å². The van der Waals surface area contributed by atoms with Crippen LogP contribution in [-0.2, 0) is 0 Å². The highest BCUT2D eigenvalue weighted by Gasteiger charge is 2.17. The number of rotatable bonds is 2. The van der Waals surface area contributed by atoms with E-state index in [1.807, 2.05) is 6.07 Å². The lowest BCUT2D eigenvalue weighted by Gasteiger charge is -2.04. The highest BCUT2D eigenvalue weighted by molar-refractivity contribution is 9.11. The van der Waals surface area contributed by atoms with Gasteiger partial charge in [-0.2, -0.15) is 5.10 Å². The summed E-state index contributed by atoms with van der Waals surface area (Å²) in [5, 5.41) is 7.25. The minimum absolute atomic E-state index is 0.535. The summed E-state index contributed by atoms with van der Waals surface area (Å²) in [4.78, 5) is 1.13. The standard InChI is InChI=1S/C15H14BrN3S/c1-8-4-3-5-10(6-8)12-13(18-19-15(12)17)11-7-9(2)14(16)20-11/h3-7H,1-2H3,(H3,17,18,19). The largest absolute Gasteiger partial charge is 0.382 e. The normalized spacial score (nSPS) is 10.9. The maximum absolute atomic E-state index is 6.06. The van der Waals surface area contributed by atoms with Crippen LogP contribution in [0.1, 0.15) is 11.1 Å².